The zero-order valence-electron chi connectivity index (χ0n) is 17.2. The third-order valence-electron chi connectivity index (χ3n) is 4.64. The van der Waals surface area contributed by atoms with Crippen LogP contribution in [0, 0.1) is 12.7 Å². The highest BCUT2D eigenvalue weighted by Gasteiger charge is 2.07. The van der Waals surface area contributed by atoms with Gasteiger partial charge >= 0.3 is 0 Å². The second-order valence-corrected chi connectivity index (χ2v) is 7.08. The molecule has 31 heavy (non-hydrogen) atoms. The summed E-state index contributed by atoms with van der Waals surface area (Å²) in [7, 11) is 0. The van der Waals surface area contributed by atoms with Crippen LogP contribution in [0.5, 0.6) is 0 Å². The van der Waals surface area contributed by atoms with Gasteiger partial charge in [-0.25, -0.2) is 4.39 Å². The van der Waals surface area contributed by atoms with Crippen molar-refractivity contribution in [2.45, 2.75) is 13.5 Å². The van der Waals surface area contributed by atoms with Crippen molar-refractivity contribution in [2.75, 3.05) is 5.32 Å². The van der Waals surface area contributed by atoms with Crippen molar-refractivity contribution in [1.29, 1.82) is 0 Å². The quantitative estimate of drug-likeness (QED) is 0.433. The highest BCUT2D eigenvalue weighted by Crippen LogP contribution is 2.14. The second kappa shape index (κ2) is 10.1. The van der Waals surface area contributed by atoms with Crippen LogP contribution in [0.2, 0.25) is 0 Å². The maximum atomic E-state index is 13.4. The van der Waals surface area contributed by atoms with E-state index in [1.807, 2.05) is 36.4 Å². The first-order valence-corrected chi connectivity index (χ1v) is 9.81. The molecule has 0 spiro atoms. The Labute approximate surface area is 181 Å². The molecule has 0 radical (unpaired) electrons. The number of hydrogen-bond donors (Lipinski definition) is 4. The van der Waals surface area contributed by atoms with Crippen LogP contribution in [-0.2, 0) is 6.54 Å². The van der Waals surface area contributed by atoms with Crippen LogP contribution in [0.3, 0.4) is 0 Å². The standard InChI is InChI=1S/C25H25FN4O/c1-17-14-18(10-11-22(17)26)16-29-25(31)20-8-5-9-21(15-20)30-24(28)13-12-23(27)19-6-3-2-4-7-19/h2-15,30H,16,27-28H2,1H3,(H,29,31)/b23-12-,24-13+. The largest absolute Gasteiger partial charge is 0.398 e. The fraction of sp³-hybridized carbons (Fsp3) is 0.0800. The third kappa shape index (κ3) is 6.21. The Hall–Kier alpha value is -4.06. The Kier molecular flexibility index (Phi) is 7.06. The Morgan fingerprint density at radius 3 is 2.42 bits per heavy atom. The molecule has 0 aliphatic heterocycles. The molecule has 0 saturated heterocycles. The maximum absolute atomic E-state index is 13.4. The van der Waals surface area contributed by atoms with Crippen LogP contribution in [0.25, 0.3) is 5.70 Å². The molecule has 3 rings (SSSR count). The molecule has 0 fully saturated rings. The van der Waals surface area contributed by atoms with Gasteiger partial charge in [0.1, 0.15) is 11.6 Å². The van der Waals surface area contributed by atoms with Gasteiger partial charge in [-0.15, -0.1) is 0 Å². The minimum atomic E-state index is -0.264. The van der Waals surface area contributed by atoms with Crippen LogP contribution in [0.1, 0.15) is 27.0 Å². The molecule has 1 amide bonds. The first-order valence-electron chi connectivity index (χ1n) is 9.81. The average molecular weight is 417 g/mol. The minimum absolute atomic E-state index is 0.235. The van der Waals surface area contributed by atoms with E-state index in [2.05, 4.69) is 10.6 Å². The Morgan fingerprint density at radius 2 is 1.68 bits per heavy atom. The lowest BCUT2D eigenvalue weighted by atomic mass is 10.1. The average Bonchev–Trinajstić information content (AvgIpc) is 2.78. The van der Waals surface area contributed by atoms with Gasteiger partial charge in [0.25, 0.3) is 5.91 Å². The van der Waals surface area contributed by atoms with Crippen LogP contribution < -0.4 is 22.1 Å². The number of benzene rings is 3. The SMILES string of the molecule is Cc1cc(CNC(=O)c2cccc(N/C(N)=C/C=C(\N)c3ccccc3)c2)ccc1F. The number of hydrogen-bond acceptors (Lipinski definition) is 4. The van der Waals surface area contributed by atoms with E-state index < -0.39 is 0 Å². The summed E-state index contributed by atoms with van der Waals surface area (Å²) < 4.78 is 13.4. The highest BCUT2D eigenvalue weighted by molar-refractivity contribution is 5.95. The molecule has 0 atom stereocenters. The number of aryl methyl sites for hydroxylation is 1. The summed E-state index contributed by atoms with van der Waals surface area (Å²) in [6.07, 6.45) is 3.39. The van der Waals surface area contributed by atoms with E-state index in [9.17, 15) is 9.18 Å². The Bertz CT molecular complexity index is 1120. The van der Waals surface area contributed by atoms with E-state index in [1.165, 1.54) is 6.07 Å². The summed E-state index contributed by atoms with van der Waals surface area (Å²) in [4.78, 5) is 12.5. The molecular formula is C25H25FN4O. The number of nitrogens with one attached hydrogen (secondary N) is 2. The number of carbonyl (C=O) groups is 1. The van der Waals surface area contributed by atoms with Gasteiger partial charge in [0.15, 0.2) is 0 Å². The molecular weight excluding hydrogens is 391 g/mol. The fourth-order valence-electron chi connectivity index (χ4n) is 2.95. The molecule has 0 aliphatic carbocycles. The van der Waals surface area contributed by atoms with Gasteiger partial charge in [0.2, 0.25) is 0 Å². The van der Waals surface area contributed by atoms with Gasteiger partial charge < -0.3 is 22.1 Å². The van der Waals surface area contributed by atoms with Gasteiger partial charge in [0, 0.05) is 23.5 Å². The molecule has 0 heterocycles. The first-order chi connectivity index (χ1) is 14.9. The number of rotatable bonds is 7. The van der Waals surface area contributed by atoms with E-state index in [4.69, 9.17) is 11.5 Å². The van der Waals surface area contributed by atoms with Crippen molar-refractivity contribution in [3.05, 3.63) is 119 Å². The van der Waals surface area contributed by atoms with Crippen LogP contribution in [-0.4, -0.2) is 5.91 Å². The summed E-state index contributed by atoms with van der Waals surface area (Å²) in [5, 5.41) is 5.89. The normalized spacial score (nSPS) is 11.8. The van der Waals surface area contributed by atoms with E-state index in [0.29, 0.717) is 34.9 Å². The molecule has 158 valence electrons. The van der Waals surface area contributed by atoms with Gasteiger partial charge in [0.05, 0.1) is 0 Å². The third-order valence-corrected chi connectivity index (χ3v) is 4.64. The van der Waals surface area contributed by atoms with Crippen molar-refractivity contribution in [3.63, 3.8) is 0 Å². The van der Waals surface area contributed by atoms with Crippen molar-refractivity contribution < 1.29 is 9.18 Å². The molecule has 6 N–H and O–H groups in total. The lowest BCUT2D eigenvalue weighted by Gasteiger charge is -2.10. The fourth-order valence-corrected chi connectivity index (χ4v) is 2.95. The maximum Gasteiger partial charge on any atom is 0.251 e. The second-order valence-electron chi connectivity index (χ2n) is 7.08. The summed E-state index contributed by atoms with van der Waals surface area (Å²) in [6.45, 7) is 2.00. The highest BCUT2D eigenvalue weighted by atomic mass is 19.1. The van der Waals surface area contributed by atoms with E-state index in [1.54, 1.807) is 49.4 Å². The molecule has 5 nitrogen and oxygen atoms in total. The number of allylic oxidation sites excluding steroid dienone is 2. The van der Waals surface area contributed by atoms with Crippen molar-refractivity contribution in [1.82, 2.24) is 5.32 Å². The van der Waals surface area contributed by atoms with Crippen LogP contribution >= 0.6 is 0 Å². The van der Waals surface area contributed by atoms with Crippen LogP contribution in [0.15, 0.2) is 90.8 Å². The number of halogens is 1. The topological polar surface area (TPSA) is 93.2 Å². The predicted molar refractivity (Wildman–Crippen MR) is 123 cm³/mol. The summed E-state index contributed by atoms with van der Waals surface area (Å²) in [5.74, 6) is -0.112. The molecule has 0 aliphatic rings. The lowest BCUT2D eigenvalue weighted by molar-refractivity contribution is 0.0951. The number of nitrogens with two attached hydrogens (primary N) is 2. The Balaban J connectivity index is 1.62. The summed E-state index contributed by atoms with van der Waals surface area (Å²) in [5.41, 5.74) is 16.1. The van der Waals surface area contributed by atoms with Crippen molar-refractivity contribution in [2.24, 2.45) is 11.5 Å². The molecule has 6 heteroatoms. The van der Waals surface area contributed by atoms with E-state index >= 15 is 0 Å². The smallest absolute Gasteiger partial charge is 0.251 e. The molecule has 3 aromatic rings. The molecule has 0 bridgehead atoms. The lowest BCUT2D eigenvalue weighted by Crippen LogP contribution is -2.23. The first kappa shape index (κ1) is 21.6. The van der Waals surface area contributed by atoms with E-state index in [-0.39, 0.29) is 11.7 Å². The number of amides is 1. The van der Waals surface area contributed by atoms with Gasteiger partial charge in [-0.3, -0.25) is 4.79 Å². The monoisotopic (exact) mass is 416 g/mol. The van der Waals surface area contributed by atoms with Gasteiger partial charge in [-0.2, -0.15) is 0 Å². The Morgan fingerprint density at radius 1 is 0.935 bits per heavy atom. The summed E-state index contributed by atoms with van der Waals surface area (Å²) in [6, 6.07) is 21.3. The predicted octanol–water partition coefficient (Wildman–Crippen LogP) is 4.28. The molecule has 0 saturated carbocycles. The summed E-state index contributed by atoms with van der Waals surface area (Å²) >= 11 is 0. The zero-order valence-corrected chi connectivity index (χ0v) is 17.2. The zero-order chi connectivity index (χ0) is 22.2. The minimum Gasteiger partial charge on any atom is -0.398 e. The van der Waals surface area contributed by atoms with Crippen molar-refractivity contribution in [3.8, 4) is 0 Å². The van der Waals surface area contributed by atoms with Crippen LogP contribution in [0.4, 0.5) is 10.1 Å². The van der Waals surface area contributed by atoms with Gasteiger partial charge in [-0.1, -0.05) is 48.5 Å². The van der Waals surface area contributed by atoms with Gasteiger partial charge in [-0.05, 0) is 60.0 Å². The van der Waals surface area contributed by atoms with Crippen molar-refractivity contribution >= 4 is 17.3 Å². The van der Waals surface area contributed by atoms with E-state index in [0.717, 1.165) is 11.1 Å². The molecule has 0 aromatic heterocycles. The molecule has 0 unspecified atom stereocenters. The number of anilines is 1. The number of carbonyl (C=O) groups excluding carboxylic acids is 1. The molecule has 3 aromatic carbocycles.